The zero-order valence-corrected chi connectivity index (χ0v) is 11.6. The van der Waals surface area contributed by atoms with Crippen molar-refractivity contribution in [3.8, 4) is 0 Å². The first-order valence-electron chi connectivity index (χ1n) is 7.08. The molecule has 0 saturated heterocycles. The lowest BCUT2D eigenvalue weighted by molar-refractivity contribution is -0.128. The summed E-state index contributed by atoms with van der Waals surface area (Å²) in [6, 6.07) is 10.9. The monoisotopic (exact) mass is 283 g/mol. The highest BCUT2D eigenvalue weighted by atomic mass is 16.2. The molecule has 0 aliphatic heterocycles. The molecule has 1 atom stereocenters. The molecular formula is C16H17N3O2. The van der Waals surface area contributed by atoms with E-state index in [1.807, 2.05) is 36.4 Å². The molecule has 0 spiro atoms. The van der Waals surface area contributed by atoms with Gasteiger partial charge in [-0.25, -0.2) is 0 Å². The normalized spacial score (nSPS) is 15.6. The third-order valence-electron chi connectivity index (χ3n) is 3.68. The summed E-state index contributed by atoms with van der Waals surface area (Å²) in [5, 5.41) is 3.76. The number of rotatable bonds is 5. The first-order chi connectivity index (χ1) is 10.1. The topological polar surface area (TPSA) is 85.1 Å². The van der Waals surface area contributed by atoms with Crippen LogP contribution in [-0.4, -0.2) is 22.8 Å². The number of carbonyl (C=O) groups excluding carboxylic acids is 2. The molecule has 1 heterocycles. The van der Waals surface area contributed by atoms with Crippen molar-refractivity contribution in [3.05, 3.63) is 42.1 Å². The van der Waals surface area contributed by atoms with E-state index < -0.39 is 11.9 Å². The third kappa shape index (κ3) is 3.18. The van der Waals surface area contributed by atoms with Gasteiger partial charge in [0, 0.05) is 23.4 Å². The molecule has 3 N–H and O–H groups in total. The van der Waals surface area contributed by atoms with Gasteiger partial charge in [-0.2, -0.15) is 0 Å². The molecule has 1 aromatic carbocycles. The molecule has 2 amide bonds. The average Bonchev–Trinajstić information content (AvgIpc) is 3.31. The van der Waals surface area contributed by atoms with E-state index in [9.17, 15) is 9.59 Å². The second kappa shape index (κ2) is 5.52. The number of hydrogen-bond acceptors (Lipinski definition) is 3. The third-order valence-corrected chi connectivity index (χ3v) is 3.68. The lowest BCUT2D eigenvalue weighted by atomic mass is 10.1. The van der Waals surface area contributed by atoms with E-state index in [0.29, 0.717) is 6.42 Å². The SMILES string of the molecule is NC(=O)[C@H](Cc1ccc2ccccc2n1)NC(=O)C1CC1. The fourth-order valence-electron chi connectivity index (χ4n) is 2.29. The van der Waals surface area contributed by atoms with Crippen LogP contribution in [0.3, 0.4) is 0 Å². The van der Waals surface area contributed by atoms with E-state index in [2.05, 4.69) is 10.3 Å². The molecule has 0 unspecified atom stereocenters. The number of nitrogens with one attached hydrogen (secondary N) is 1. The Hall–Kier alpha value is -2.43. The number of pyridine rings is 1. The average molecular weight is 283 g/mol. The number of para-hydroxylation sites is 1. The van der Waals surface area contributed by atoms with Crippen LogP contribution < -0.4 is 11.1 Å². The predicted octanol–water partition coefficient (Wildman–Crippen LogP) is 1.16. The van der Waals surface area contributed by atoms with E-state index >= 15 is 0 Å². The van der Waals surface area contributed by atoms with E-state index in [-0.39, 0.29) is 11.8 Å². The molecule has 0 radical (unpaired) electrons. The fraction of sp³-hybridized carbons (Fsp3) is 0.312. The molecule has 3 rings (SSSR count). The standard InChI is InChI=1S/C16H17N3O2/c17-15(20)14(19-16(21)11-5-6-11)9-12-8-7-10-3-1-2-4-13(10)18-12/h1-4,7-8,11,14H,5-6,9H2,(H2,17,20)(H,19,21)/t14-/m0/s1. The van der Waals surface area contributed by atoms with Crippen molar-refractivity contribution in [3.63, 3.8) is 0 Å². The second-order valence-corrected chi connectivity index (χ2v) is 5.44. The number of aromatic nitrogens is 1. The number of primary amides is 1. The summed E-state index contributed by atoms with van der Waals surface area (Å²) in [6.07, 6.45) is 2.11. The molecule has 5 nitrogen and oxygen atoms in total. The first kappa shape index (κ1) is 13.5. The number of nitrogens with two attached hydrogens (primary N) is 1. The Bertz CT molecular complexity index is 695. The highest BCUT2D eigenvalue weighted by Gasteiger charge is 2.32. The molecule has 1 aliphatic rings. The fourth-order valence-corrected chi connectivity index (χ4v) is 2.29. The summed E-state index contributed by atoms with van der Waals surface area (Å²) in [7, 11) is 0. The van der Waals surface area contributed by atoms with Crippen molar-refractivity contribution >= 4 is 22.7 Å². The second-order valence-electron chi connectivity index (χ2n) is 5.44. The van der Waals surface area contributed by atoms with E-state index in [4.69, 9.17) is 5.73 Å². The van der Waals surface area contributed by atoms with Gasteiger partial charge in [0.1, 0.15) is 6.04 Å². The summed E-state index contributed by atoms with van der Waals surface area (Å²) in [5.41, 5.74) is 7.00. The molecule has 5 heteroatoms. The summed E-state index contributed by atoms with van der Waals surface area (Å²) in [4.78, 5) is 27.8. The highest BCUT2D eigenvalue weighted by Crippen LogP contribution is 2.29. The number of nitrogens with zero attached hydrogens (tertiary/aromatic N) is 1. The van der Waals surface area contributed by atoms with Gasteiger partial charge in [-0.15, -0.1) is 0 Å². The van der Waals surface area contributed by atoms with Gasteiger partial charge in [-0.3, -0.25) is 14.6 Å². The number of amides is 2. The first-order valence-corrected chi connectivity index (χ1v) is 7.08. The van der Waals surface area contributed by atoms with E-state index in [0.717, 1.165) is 29.4 Å². The number of benzene rings is 1. The maximum Gasteiger partial charge on any atom is 0.240 e. The minimum absolute atomic E-state index is 0.0522. The molecule has 1 aromatic heterocycles. The molecule has 1 fully saturated rings. The van der Waals surface area contributed by atoms with Crippen LogP contribution in [0.15, 0.2) is 36.4 Å². The smallest absolute Gasteiger partial charge is 0.240 e. The van der Waals surface area contributed by atoms with Gasteiger partial charge >= 0.3 is 0 Å². The Morgan fingerprint density at radius 2 is 2.00 bits per heavy atom. The molecule has 1 saturated carbocycles. The van der Waals surface area contributed by atoms with Gasteiger partial charge < -0.3 is 11.1 Å². The van der Waals surface area contributed by atoms with Crippen LogP contribution in [0.1, 0.15) is 18.5 Å². The van der Waals surface area contributed by atoms with E-state index in [1.165, 1.54) is 0 Å². The molecule has 0 bridgehead atoms. The Kier molecular flexibility index (Phi) is 3.56. The zero-order valence-electron chi connectivity index (χ0n) is 11.6. The summed E-state index contributed by atoms with van der Waals surface area (Å²) in [5.74, 6) is -0.560. The van der Waals surface area contributed by atoms with Crippen LogP contribution in [0.25, 0.3) is 10.9 Å². The van der Waals surface area contributed by atoms with Crippen molar-refractivity contribution < 1.29 is 9.59 Å². The zero-order chi connectivity index (χ0) is 14.8. The van der Waals surface area contributed by atoms with Crippen molar-refractivity contribution in [2.24, 2.45) is 11.7 Å². The molecular weight excluding hydrogens is 266 g/mol. The van der Waals surface area contributed by atoms with Gasteiger partial charge in [-0.05, 0) is 25.0 Å². The quantitative estimate of drug-likeness (QED) is 0.863. The lowest BCUT2D eigenvalue weighted by Gasteiger charge is -2.15. The van der Waals surface area contributed by atoms with Crippen molar-refractivity contribution in [1.29, 1.82) is 0 Å². The maximum absolute atomic E-state index is 11.8. The van der Waals surface area contributed by atoms with E-state index in [1.54, 1.807) is 0 Å². The number of hydrogen-bond donors (Lipinski definition) is 2. The van der Waals surface area contributed by atoms with Crippen molar-refractivity contribution in [2.75, 3.05) is 0 Å². The van der Waals surface area contributed by atoms with Gasteiger partial charge in [0.25, 0.3) is 0 Å². The van der Waals surface area contributed by atoms with Crippen LogP contribution in [-0.2, 0) is 16.0 Å². The molecule has 2 aromatic rings. The van der Waals surface area contributed by atoms with Crippen LogP contribution in [0, 0.1) is 5.92 Å². The molecule has 1 aliphatic carbocycles. The summed E-state index contributed by atoms with van der Waals surface area (Å²) in [6.45, 7) is 0. The molecule has 21 heavy (non-hydrogen) atoms. The van der Waals surface area contributed by atoms with Crippen LogP contribution in [0.5, 0.6) is 0 Å². The van der Waals surface area contributed by atoms with Gasteiger partial charge in [0.2, 0.25) is 11.8 Å². The van der Waals surface area contributed by atoms with Crippen LogP contribution in [0.2, 0.25) is 0 Å². The van der Waals surface area contributed by atoms with Crippen LogP contribution >= 0.6 is 0 Å². The van der Waals surface area contributed by atoms with Gasteiger partial charge in [0.05, 0.1) is 5.52 Å². The van der Waals surface area contributed by atoms with Crippen molar-refractivity contribution in [2.45, 2.75) is 25.3 Å². The van der Waals surface area contributed by atoms with Crippen LogP contribution in [0.4, 0.5) is 0 Å². The lowest BCUT2D eigenvalue weighted by Crippen LogP contribution is -2.46. The minimum atomic E-state index is -0.702. The minimum Gasteiger partial charge on any atom is -0.368 e. The predicted molar refractivity (Wildman–Crippen MR) is 79.3 cm³/mol. The van der Waals surface area contributed by atoms with Gasteiger partial charge in [-0.1, -0.05) is 24.3 Å². The summed E-state index contributed by atoms with van der Waals surface area (Å²) < 4.78 is 0. The Morgan fingerprint density at radius 1 is 1.24 bits per heavy atom. The number of carbonyl (C=O) groups is 2. The van der Waals surface area contributed by atoms with Crippen molar-refractivity contribution in [1.82, 2.24) is 10.3 Å². The van der Waals surface area contributed by atoms with Gasteiger partial charge in [0.15, 0.2) is 0 Å². The summed E-state index contributed by atoms with van der Waals surface area (Å²) >= 11 is 0. The largest absolute Gasteiger partial charge is 0.368 e. The Balaban J connectivity index is 1.76. The molecule has 108 valence electrons. The maximum atomic E-state index is 11.8. The number of fused-ring (bicyclic) bond motifs is 1. The Labute approximate surface area is 122 Å². The Morgan fingerprint density at radius 3 is 2.71 bits per heavy atom. The highest BCUT2D eigenvalue weighted by molar-refractivity contribution is 5.88.